The first-order chi connectivity index (χ1) is 18.8. The van der Waals surface area contributed by atoms with Crippen molar-refractivity contribution in [3.8, 4) is 0 Å². The number of rotatable bonds is 11. The van der Waals surface area contributed by atoms with Crippen LogP contribution in [0.25, 0.3) is 0 Å². The number of carbonyl (C=O) groups is 2. The minimum atomic E-state index is -4.30. The fourth-order valence-electron chi connectivity index (χ4n) is 3.88. The third-order valence-electron chi connectivity index (χ3n) is 6.56. The second-order valence-corrected chi connectivity index (χ2v) is 12.2. The second kappa shape index (κ2) is 13.5. The fourth-order valence-corrected chi connectivity index (χ4v) is 5.81. The van der Waals surface area contributed by atoms with Crippen LogP contribution in [0.5, 0.6) is 0 Å². The van der Waals surface area contributed by atoms with Crippen LogP contribution in [0.15, 0.2) is 71.6 Å². The maximum atomic E-state index is 13.9. The highest BCUT2D eigenvalue weighted by Crippen LogP contribution is 2.28. The molecule has 0 radical (unpaired) electrons. The van der Waals surface area contributed by atoms with E-state index in [1.165, 1.54) is 4.90 Å². The van der Waals surface area contributed by atoms with Gasteiger partial charge in [-0.2, -0.15) is 0 Å². The Morgan fingerprint density at radius 2 is 1.52 bits per heavy atom. The molecule has 0 bridgehead atoms. The lowest BCUT2D eigenvalue weighted by molar-refractivity contribution is -0.139. The third kappa shape index (κ3) is 7.53. The molecular weight excluding hydrogens is 576 g/mol. The average molecular weight is 609 g/mol. The number of anilines is 1. The fraction of sp³-hybridized carbons (Fsp3) is 0.310. The summed E-state index contributed by atoms with van der Waals surface area (Å²) in [6, 6.07) is 14.7. The summed E-state index contributed by atoms with van der Waals surface area (Å²) >= 11 is 12.8. The van der Waals surface area contributed by atoms with Gasteiger partial charge >= 0.3 is 0 Å². The topological polar surface area (TPSA) is 86.8 Å². The molecular formula is C29H32Cl2FN3O4S. The molecule has 0 aromatic heterocycles. The van der Waals surface area contributed by atoms with Crippen LogP contribution < -0.4 is 9.62 Å². The predicted molar refractivity (Wildman–Crippen MR) is 156 cm³/mol. The highest BCUT2D eigenvalue weighted by molar-refractivity contribution is 7.92. The third-order valence-corrected chi connectivity index (χ3v) is 9.06. The van der Waals surface area contributed by atoms with Crippen LogP contribution >= 0.6 is 23.2 Å². The van der Waals surface area contributed by atoms with Crippen molar-refractivity contribution in [2.45, 2.75) is 57.6 Å². The van der Waals surface area contributed by atoms with Crippen molar-refractivity contribution < 1.29 is 22.4 Å². The van der Waals surface area contributed by atoms with Crippen LogP contribution in [0.3, 0.4) is 0 Å². The van der Waals surface area contributed by atoms with Crippen molar-refractivity contribution in [3.63, 3.8) is 0 Å². The number of nitrogens with zero attached hydrogens (tertiary/aromatic N) is 2. The number of nitrogens with one attached hydrogen (secondary N) is 1. The van der Waals surface area contributed by atoms with Crippen molar-refractivity contribution in [1.82, 2.24) is 10.2 Å². The molecule has 0 saturated carbocycles. The Balaban J connectivity index is 2.06. The van der Waals surface area contributed by atoms with Gasteiger partial charge in [-0.15, -0.1) is 0 Å². The first kappa shape index (κ1) is 31.4. The van der Waals surface area contributed by atoms with E-state index in [4.69, 9.17) is 23.2 Å². The number of hydrogen-bond acceptors (Lipinski definition) is 4. The molecule has 7 nitrogen and oxygen atoms in total. The van der Waals surface area contributed by atoms with Gasteiger partial charge in [-0.1, -0.05) is 53.9 Å². The number of carbonyl (C=O) groups excluding carboxylic acids is 2. The van der Waals surface area contributed by atoms with E-state index in [1.807, 2.05) is 20.8 Å². The van der Waals surface area contributed by atoms with Gasteiger partial charge in [-0.05, 0) is 75.7 Å². The van der Waals surface area contributed by atoms with Crippen molar-refractivity contribution in [2.75, 3.05) is 10.8 Å². The van der Waals surface area contributed by atoms with Crippen LogP contribution in [0.1, 0.15) is 38.3 Å². The smallest absolute Gasteiger partial charge is 0.264 e. The summed E-state index contributed by atoms with van der Waals surface area (Å²) in [6.45, 7) is 6.40. The molecule has 1 N–H and O–H groups in total. The molecule has 11 heteroatoms. The molecule has 3 aromatic carbocycles. The molecule has 0 saturated heterocycles. The molecule has 0 spiro atoms. The van der Waals surface area contributed by atoms with Gasteiger partial charge in [-0.25, -0.2) is 12.8 Å². The predicted octanol–water partition coefficient (Wildman–Crippen LogP) is 5.97. The molecule has 3 rings (SSSR count). The van der Waals surface area contributed by atoms with Gasteiger partial charge in [-0.3, -0.25) is 13.9 Å². The highest BCUT2D eigenvalue weighted by Gasteiger charge is 2.33. The summed E-state index contributed by atoms with van der Waals surface area (Å²) in [4.78, 5) is 28.1. The van der Waals surface area contributed by atoms with Crippen LogP contribution in [0.2, 0.25) is 10.0 Å². The SMILES string of the molecule is CC[C@@H](C)NC(=O)[C@@H](C)N(Cc1c(Cl)cccc1Cl)C(=O)CN(c1ccc(C)cc1)S(=O)(=O)c1ccc(F)cc1. The summed E-state index contributed by atoms with van der Waals surface area (Å²) in [7, 11) is -4.30. The summed E-state index contributed by atoms with van der Waals surface area (Å²) in [5.41, 5.74) is 1.54. The summed E-state index contributed by atoms with van der Waals surface area (Å²) in [6.07, 6.45) is 0.680. The number of sulfonamides is 1. The Labute approximate surface area is 244 Å². The van der Waals surface area contributed by atoms with E-state index in [2.05, 4.69) is 5.32 Å². The van der Waals surface area contributed by atoms with E-state index >= 15 is 0 Å². The maximum Gasteiger partial charge on any atom is 0.264 e. The van der Waals surface area contributed by atoms with Gasteiger partial charge in [0.2, 0.25) is 11.8 Å². The first-order valence-corrected chi connectivity index (χ1v) is 14.9. The Hall–Kier alpha value is -3.14. The summed E-state index contributed by atoms with van der Waals surface area (Å²) in [5.74, 6) is -1.66. The van der Waals surface area contributed by atoms with Gasteiger partial charge in [0, 0.05) is 28.2 Å². The van der Waals surface area contributed by atoms with E-state index in [0.29, 0.717) is 22.0 Å². The standard InChI is InChI=1S/C29H32Cl2FN3O4S/c1-5-20(3)33-29(37)21(4)34(17-25-26(30)7-6-8-27(25)31)28(36)18-35(23-13-9-19(2)10-14-23)40(38,39)24-15-11-22(32)12-16-24/h6-16,20-21H,5,17-18H2,1-4H3,(H,33,37)/t20-,21-/m1/s1. The number of hydrogen-bond donors (Lipinski definition) is 1. The van der Waals surface area contributed by atoms with Crippen LogP contribution in [0.4, 0.5) is 10.1 Å². The molecule has 214 valence electrons. The lowest BCUT2D eigenvalue weighted by Gasteiger charge is -2.33. The van der Waals surface area contributed by atoms with Crippen molar-refractivity contribution in [1.29, 1.82) is 0 Å². The van der Waals surface area contributed by atoms with Crippen molar-refractivity contribution in [2.24, 2.45) is 0 Å². The largest absolute Gasteiger partial charge is 0.352 e. The maximum absolute atomic E-state index is 13.9. The molecule has 40 heavy (non-hydrogen) atoms. The molecule has 0 unspecified atom stereocenters. The molecule has 3 aromatic rings. The number of aryl methyl sites for hydroxylation is 1. The molecule has 0 heterocycles. The number of amides is 2. The van der Waals surface area contributed by atoms with E-state index in [1.54, 1.807) is 49.4 Å². The van der Waals surface area contributed by atoms with Gasteiger partial charge in [0.1, 0.15) is 18.4 Å². The number of benzene rings is 3. The second-order valence-electron chi connectivity index (χ2n) is 9.52. The summed E-state index contributed by atoms with van der Waals surface area (Å²) in [5, 5.41) is 3.47. The van der Waals surface area contributed by atoms with Crippen LogP contribution in [-0.4, -0.2) is 43.8 Å². The molecule has 0 aliphatic rings. The van der Waals surface area contributed by atoms with E-state index in [9.17, 15) is 22.4 Å². The zero-order valence-electron chi connectivity index (χ0n) is 22.7. The molecule has 0 aliphatic carbocycles. The van der Waals surface area contributed by atoms with Gasteiger partial charge in [0.15, 0.2) is 0 Å². The first-order valence-electron chi connectivity index (χ1n) is 12.7. The van der Waals surface area contributed by atoms with E-state index < -0.39 is 40.2 Å². The Kier molecular flexibility index (Phi) is 10.6. The van der Waals surface area contributed by atoms with Gasteiger partial charge < -0.3 is 10.2 Å². The Morgan fingerprint density at radius 1 is 0.950 bits per heavy atom. The van der Waals surface area contributed by atoms with E-state index in [-0.39, 0.29) is 23.2 Å². The monoisotopic (exact) mass is 607 g/mol. The minimum Gasteiger partial charge on any atom is -0.352 e. The van der Waals surface area contributed by atoms with Gasteiger partial charge in [0.05, 0.1) is 10.6 Å². The average Bonchev–Trinajstić information content (AvgIpc) is 2.91. The summed E-state index contributed by atoms with van der Waals surface area (Å²) < 4.78 is 42.0. The molecule has 2 atom stereocenters. The zero-order chi connectivity index (χ0) is 29.6. The zero-order valence-corrected chi connectivity index (χ0v) is 25.0. The molecule has 0 fully saturated rings. The number of halogens is 3. The van der Waals surface area contributed by atoms with Gasteiger partial charge in [0.25, 0.3) is 10.0 Å². The molecule has 0 aliphatic heterocycles. The lowest BCUT2D eigenvalue weighted by Crippen LogP contribution is -2.52. The lowest BCUT2D eigenvalue weighted by atomic mass is 10.1. The normalized spacial score (nSPS) is 12.9. The highest BCUT2D eigenvalue weighted by atomic mass is 35.5. The Morgan fingerprint density at radius 3 is 2.08 bits per heavy atom. The van der Waals surface area contributed by atoms with Crippen molar-refractivity contribution in [3.05, 3.63) is 93.7 Å². The van der Waals surface area contributed by atoms with Crippen molar-refractivity contribution >= 4 is 50.7 Å². The minimum absolute atomic E-state index is 0.134. The van der Waals surface area contributed by atoms with E-state index in [0.717, 1.165) is 34.1 Å². The Bertz CT molecular complexity index is 1430. The molecule has 2 amide bonds. The van der Waals surface area contributed by atoms with Crippen LogP contribution in [0, 0.1) is 12.7 Å². The quantitative estimate of drug-likeness (QED) is 0.291. The van der Waals surface area contributed by atoms with Crippen LogP contribution in [-0.2, 0) is 26.2 Å².